The molecule has 2 saturated heterocycles. The number of aromatic nitrogens is 1. The van der Waals surface area contributed by atoms with E-state index in [2.05, 4.69) is 16.6 Å². The van der Waals surface area contributed by atoms with Gasteiger partial charge in [-0.3, -0.25) is 23.9 Å². The zero-order chi connectivity index (χ0) is 42.0. The number of carbonyl (C=O) groups excluding carboxylic acids is 4. The SMILES string of the molecule is C=CC[C@@H](NC(=O)[C@@H]1CC(Oc2cc(-c3ccccc3)nc3cc(OC)ccc23)CN1C(=O)C(CC(=O)N1CCCC(F)(F)C1)C(C)(C)C)C(=O)NS(=O)(=O)C1CC1. The summed E-state index contributed by atoms with van der Waals surface area (Å²) in [4.78, 5) is 63.1. The Bertz CT molecular complexity index is 2160. The van der Waals surface area contributed by atoms with Crippen molar-refractivity contribution in [3.8, 4) is 22.8 Å². The smallest absolute Gasteiger partial charge is 0.265 e. The molecule has 312 valence electrons. The van der Waals surface area contributed by atoms with Crippen molar-refractivity contribution in [1.29, 1.82) is 0 Å². The molecule has 2 aliphatic heterocycles. The number of piperidine rings is 1. The number of likely N-dealkylation sites (tertiary alicyclic amines) is 2. The molecule has 1 aliphatic carbocycles. The minimum atomic E-state index is -3.94. The largest absolute Gasteiger partial charge is 0.497 e. The maximum absolute atomic E-state index is 14.8. The average Bonchev–Trinajstić information content (AvgIpc) is 3.96. The third-order valence-corrected chi connectivity index (χ3v) is 12.7. The van der Waals surface area contributed by atoms with Gasteiger partial charge in [0.1, 0.15) is 29.7 Å². The fourth-order valence-electron chi connectivity index (χ4n) is 7.50. The van der Waals surface area contributed by atoms with E-state index in [4.69, 9.17) is 14.5 Å². The molecular weight excluding hydrogens is 773 g/mol. The Morgan fingerprint density at radius 1 is 1.09 bits per heavy atom. The van der Waals surface area contributed by atoms with Gasteiger partial charge < -0.3 is 24.6 Å². The fraction of sp³-hybridized carbons (Fsp3) is 0.500. The molecule has 6 rings (SSSR count). The number of halogens is 2. The fourth-order valence-corrected chi connectivity index (χ4v) is 8.84. The van der Waals surface area contributed by atoms with Crippen LogP contribution in [0.1, 0.15) is 65.7 Å². The van der Waals surface area contributed by atoms with Crippen LogP contribution in [0.15, 0.2) is 67.3 Å². The van der Waals surface area contributed by atoms with Gasteiger partial charge in [0.2, 0.25) is 27.7 Å². The Morgan fingerprint density at radius 3 is 2.45 bits per heavy atom. The highest BCUT2D eigenvalue weighted by Gasteiger charge is 2.48. The van der Waals surface area contributed by atoms with Gasteiger partial charge >= 0.3 is 0 Å². The average molecular weight is 824 g/mol. The number of amides is 4. The van der Waals surface area contributed by atoms with Crippen LogP contribution >= 0.6 is 0 Å². The van der Waals surface area contributed by atoms with E-state index < -0.39 is 80.9 Å². The zero-order valence-electron chi connectivity index (χ0n) is 33.2. The second kappa shape index (κ2) is 17.0. The molecule has 4 amide bonds. The van der Waals surface area contributed by atoms with Crippen molar-refractivity contribution < 1.29 is 45.9 Å². The standard InChI is InChI=1S/C42H51F2N5O8S/c1-6-11-32(38(51)47-58(54,55)29-15-16-29)46-39(52)35-21-28(24-49(35)40(53)31(41(2,3)4)22-37(50)48-19-10-18-42(43,44)25-48)57-36-23-33(26-12-8-7-9-13-26)45-34-20-27(56-5)14-17-30(34)36/h6-9,12-14,17,20,23,28-29,31-32,35H,1,10-11,15-16,18-19,21-22,24-25H2,2-5H3,(H,46,52)(H,47,51)/t28?,31?,32-,35+/m1/s1. The highest BCUT2D eigenvalue weighted by atomic mass is 32.2. The van der Waals surface area contributed by atoms with E-state index in [1.54, 1.807) is 52.1 Å². The summed E-state index contributed by atoms with van der Waals surface area (Å²) in [5.74, 6) is -5.90. The van der Waals surface area contributed by atoms with Crippen LogP contribution < -0.4 is 19.5 Å². The van der Waals surface area contributed by atoms with E-state index in [1.807, 2.05) is 30.3 Å². The van der Waals surface area contributed by atoms with E-state index in [0.29, 0.717) is 40.9 Å². The first-order valence-electron chi connectivity index (χ1n) is 19.5. The molecule has 4 atom stereocenters. The Hall–Kier alpha value is -5.12. The summed E-state index contributed by atoms with van der Waals surface area (Å²) < 4.78 is 68.2. The van der Waals surface area contributed by atoms with E-state index in [0.717, 1.165) is 10.5 Å². The summed E-state index contributed by atoms with van der Waals surface area (Å²) in [6, 6.07) is 14.0. The Morgan fingerprint density at radius 2 is 1.81 bits per heavy atom. The molecule has 58 heavy (non-hydrogen) atoms. The van der Waals surface area contributed by atoms with E-state index in [1.165, 1.54) is 11.0 Å². The minimum absolute atomic E-state index is 0.0375. The second-order valence-corrected chi connectivity index (χ2v) is 18.4. The van der Waals surface area contributed by atoms with Crippen molar-refractivity contribution in [3.05, 3.63) is 67.3 Å². The lowest BCUT2D eigenvalue weighted by Crippen LogP contribution is -2.55. The third-order valence-electron chi connectivity index (χ3n) is 10.9. The molecule has 3 heterocycles. The van der Waals surface area contributed by atoms with E-state index in [9.17, 15) is 36.4 Å². The third kappa shape index (κ3) is 9.93. The van der Waals surface area contributed by atoms with Crippen molar-refractivity contribution in [2.45, 2.75) is 95.1 Å². The van der Waals surface area contributed by atoms with Gasteiger partial charge in [0, 0.05) is 48.9 Å². The van der Waals surface area contributed by atoms with E-state index >= 15 is 0 Å². The van der Waals surface area contributed by atoms with Gasteiger partial charge in [0.25, 0.3) is 11.8 Å². The molecule has 3 fully saturated rings. The molecule has 0 spiro atoms. The van der Waals surface area contributed by atoms with Crippen molar-refractivity contribution in [2.75, 3.05) is 26.7 Å². The first-order valence-corrected chi connectivity index (χ1v) is 21.1. The number of alkyl halides is 2. The van der Waals surface area contributed by atoms with Crippen molar-refractivity contribution in [1.82, 2.24) is 24.8 Å². The quantitative estimate of drug-likeness (QED) is 0.207. The van der Waals surface area contributed by atoms with Crippen molar-refractivity contribution >= 4 is 44.6 Å². The number of fused-ring (bicyclic) bond motifs is 1. The normalized spacial score (nSPS) is 20.5. The topological polar surface area (TPSA) is 164 Å². The second-order valence-electron chi connectivity index (χ2n) is 16.4. The molecule has 2 aromatic carbocycles. The van der Waals surface area contributed by atoms with Crippen LogP contribution in [0.3, 0.4) is 0 Å². The Balaban J connectivity index is 1.32. The number of benzene rings is 2. The lowest BCUT2D eigenvalue weighted by molar-refractivity contribution is -0.151. The molecule has 1 aromatic heterocycles. The number of sulfonamides is 1. The lowest BCUT2D eigenvalue weighted by atomic mass is 9.77. The molecular formula is C42H51F2N5O8S. The van der Waals surface area contributed by atoms with Gasteiger partial charge in [-0.05, 0) is 43.2 Å². The van der Waals surface area contributed by atoms with Crippen LogP contribution in [-0.2, 0) is 29.2 Å². The number of ether oxygens (including phenoxy) is 2. The van der Waals surface area contributed by atoms with Crippen LogP contribution in [0, 0.1) is 11.3 Å². The van der Waals surface area contributed by atoms with E-state index in [-0.39, 0.29) is 45.2 Å². The van der Waals surface area contributed by atoms with Crippen LogP contribution in [0.5, 0.6) is 11.5 Å². The maximum atomic E-state index is 14.8. The summed E-state index contributed by atoms with van der Waals surface area (Å²) in [7, 11) is -2.39. The lowest BCUT2D eigenvalue weighted by Gasteiger charge is -2.37. The highest BCUT2D eigenvalue weighted by molar-refractivity contribution is 7.90. The molecule has 13 nitrogen and oxygen atoms in total. The molecule has 2 unspecified atom stereocenters. The maximum Gasteiger partial charge on any atom is 0.265 e. The number of hydrogen-bond acceptors (Lipinski definition) is 9. The highest BCUT2D eigenvalue weighted by Crippen LogP contribution is 2.38. The number of nitrogens with one attached hydrogen (secondary N) is 2. The molecule has 0 radical (unpaired) electrons. The number of methoxy groups -OCH3 is 1. The summed E-state index contributed by atoms with van der Waals surface area (Å²) in [6.45, 7) is 8.26. The number of rotatable bonds is 14. The summed E-state index contributed by atoms with van der Waals surface area (Å²) in [5.41, 5.74) is 1.14. The predicted octanol–water partition coefficient (Wildman–Crippen LogP) is 5.24. The van der Waals surface area contributed by atoms with Crippen LogP contribution in [0.25, 0.3) is 22.2 Å². The number of pyridine rings is 1. The van der Waals surface area contributed by atoms with Gasteiger partial charge in [0.15, 0.2) is 0 Å². The molecule has 16 heteroatoms. The Kier molecular flexibility index (Phi) is 12.5. The van der Waals surface area contributed by atoms with Crippen molar-refractivity contribution in [2.24, 2.45) is 11.3 Å². The molecule has 3 aromatic rings. The van der Waals surface area contributed by atoms with Crippen LogP contribution in [-0.4, -0.2) is 103 Å². The van der Waals surface area contributed by atoms with Crippen LogP contribution in [0.4, 0.5) is 8.78 Å². The van der Waals surface area contributed by atoms with Gasteiger partial charge in [-0.25, -0.2) is 22.2 Å². The van der Waals surface area contributed by atoms with Gasteiger partial charge in [-0.2, -0.15) is 0 Å². The Labute approximate surface area is 337 Å². The van der Waals surface area contributed by atoms with Crippen molar-refractivity contribution in [3.63, 3.8) is 0 Å². The summed E-state index contributed by atoms with van der Waals surface area (Å²) >= 11 is 0. The predicted molar refractivity (Wildman–Crippen MR) is 213 cm³/mol. The number of carbonyl (C=O) groups is 4. The van der Waals surface area contributed by atoms with Gasteiger partial charge in [-0.1, -0.05) is 57.2 Å². The molecule has 3 aliphatic rings. The minimum Gasteiger partial charge on any atom is -0.497 e. The molecule has 1 saturated carbocycles. The monoisotopic (exact) mass is 823 g/mol. The van der Waals surface area contributed by atoms with Gasteiger partial charge in [0.05, 0.1) is 42.6 Å². The number of hydrogen-bond donors (Lipinski definition) is 2. The first kappa shape index (κ1) is 42.5. The number of nitrogens with zero attached hydrogens (tertiary/aromatic N) is 3. The molecule has 0 bridgehead atoms. The summed E-state index contributed by atoms with van der Waals surface area (Å²) in [6.07, 6.45) is 0.730. The van der Waals surface area contributed by atoms with Gasteiger partial charge in [-0.15, -0.1) is 6.58 Å². The van der Waals surface area contributed by atoms with Crippen LogP contribution in [0.2, 0.25) is 0 Å². The molecule has 2 N–H and O–H groups in total. The zero-order valence-corrected chi connectivity index (χ0v) is 34.0. The first-order chi connectivity index (χ1) is 27.4. The summed E-state index contributed by atoms with van der Waals surface area (Å²) in [5, 5.41) is 2.60.